The summed E-state index contributed by atoms with van der Waals surface area (Å²) >= 11 is 0. The Kier molecular flexibility index (Phi) is 5.70. The van der Waals surface area contributed by atoms with Crippen LogP contribution in [0.2, 0.25) is 0 Å². The highest BCUT2D eigenvalue weighted by atomic mass is 19.3. The molecule has 180 valence electrons. The van der Waals surface area contributed by atoms with Gasteiger partial charge < -0.3 is 4.74 Å². The summed E-state index contributed by atoms with van der Waals surface area (Å²) < 4.78 is 63.1. The van der Waals surface area contributed by atoms with Crippen LogP contribution in [-0.4, -0.2) is 33.0 Å². The van der Waals surface area contributed by atoms with Gasteiger partial charge in [0.1, 0.15) is 17.3 Å². The molecule has 2 aliphatic rings. The van der Waals surface area contributed by atoms with Crippen molar-refractivity contribution in [2.24, 2.45) is 5.92 Å². The number of hydrogen-bond acceptors (Lipinski definition) is 4. The number of hydrogen-bond donors (Lipinski definition) is 0. The normalized spacial score (nSPS) is 24.6. The van der Waals surface area contributed by atoms with E-state index in [0.29, 0.717) is 42.8 Å². The molecule has 0 radical (unpaired) electrons. The molecule has 1 aliphatic carbocycles. The fourth-order valence-electron chi connectivity index (χ4n) is 5.14. The molecule has 1 saturated carbocycles. The maximum atomic E-state index is 14.8. The van der Waals surface area contributed by atoms with E-state index in [-0.39, 0.29) is 53.2 Å². The van der Waals surface area contributed by atoms with Gasteiger partial charge in [-0.15, -0.1) is 0 Å². The van der Waals surface area contributed by atoms with E-state index in [1.54, 1.807) is 20.0 Å². The largest absolute Gasteiger partial charge is 0.378 e. The van der Waals surface area contributed by atoms with Crippen LogP contribution in [0.3, 0.4) is 0 Å². The number of benzene rings is 1. The molecule has 0 spiro atoms. The number of nitrogens with zero attached hydrogens (tertiary/aromatic N) is 3. The molecule has 0 N–H and O–H groups in total. The van der Waals surface area contributed by atoms with Gasteiger partial charge in [0.2, 0.25) is 5.92 Å². The number of aryl methyl sites for hydroxylation is 1. The standard InChI is InChI=1S/C25H25F4N3O2/c1-13-14(2)30-23-22(18-4-3-17(26)10-19(18)27)31-20(12-32(23)24(13)33)15-6-8-34-21(9-15)16-5-7-25(28,29)11-16/h3-4,10,12,15-16,21H,5-9,11H2,1-2H3/t15-,16?,21+/m1/s1. The van der Waals surface area contributed by atoms with Crippen molar-refractivity contribution in [1.82, 2.24) is 14.4 Å². The van der Waals surface area contributed by atoms with E-state index in [4.69, 9.17) is 9.72 Å². The van der Waals surface area contributed by atoms with Gasteiger partial charge in [-0.2, -0.15) is 0 Å². The number of ether oxygens (including phenoxy) is 1. The minimum Gasteiger partial charge on any atom is -0.378 e. The topological polar surface area (TPSA) is 56.5 Å². The van der Waals surface area contributed by atoms with E-state index in [0.717, 1.165) is 12.1 Å². The Morgan fingerprint density at radius 1 is 1.15 bits per heavy atom. The van der Waals surface area contributed by atoms with E-state index >= 15 is 0 Å². The Bertz CT molecular complexity index is 1320. The third-order valence-electron chi connectivity index (χ3n) is 7.19. The minimum absolute atomic E-state index is 0.0370. The van der Waals surface area contributed by atoms with Crippen molar-refractivity contribution in [2.75, 3.05) is 6.61 Å². The lowest BCUT2D eigenvalue weighted by Crippen LogP contribution is -2.32. The number of alkyl halides is 2. The van der Waals surface area contributed by atoms with Crippen LogP contribution >= 0.6 is 0 Å². The molecule has 3 aromatic rings. The summed E-state index contributed by atoms with van der Waals surface area (Å²) in [6.45, 7) is 3.74. The molecule has 1 aliphatic heterocycles. The van der Waals surface area contributed by atoms with E-state index in [2.05, 4.69) is 4.98 Å². The van der Waals surface area contributed by atoms with E-state index in [9.17, 15) is 22.4 Å². The lowest BCUT2D eigenvalue weighted by atomic mass is 9.86. The molecule has 3 atom stereocenters. The van der Waals surface area contributed by atoms with Gasteiger partial charge in [-0.05, 0) is 51.2 Å². The van der Waals surface area contributed by atoms with Gasteiger partial charge in [0.25, 0.3) is 5.56 Å². The Morgan fingerprint density at radius 2 is 1.94 bits per heavy atom. The molecule has 1 unspecified atom stereocenters. The minimum atomic E-state index is -2.66. The average molecular weight is 475 g/mol. The van der Waals surface area contributed by atoms with Gasteiger partial charge in [-0.1, -0.05) is 0 Å². The predicted molar refractivity (Wildman–Crippen MR) is 118 cm³/mol. The van der Waals surface area contributed by atoms with Crippen molar-refractivity contribution in [2.45, 2.75) is 63.9 Å². The second-order valence-electron chi connectivity index (χ2n) is 9.45. The smallest absolute Gasteiger partial charge is 0.261 e. The lowest BCUT2D eigenvalue weighted by Gasteiger charge is -2.33. The summed E-state index contributed by atoms with van der Waals surface area (Å²) in [5.74, 6) is -4.59. The quantitative estimate of drug-likeness (QED) is 0.480. The summed E-state index contributed by atoms with van der Waals surface area (Å²) in [6, 6.07) is 3.18. The van der Waals surface area contributed by atoms with Crippen molar-refractivity contribution < 1.29 is 22.3 Å². The molecule has 34 heavy (non-hydrogen) atoms. The van der Waals surface area contributed by atoms with Gasteiger partial charge in [0, 0.05) is 54.5 Å². The Labute approximate surface area is 193 Å². The Hall–Kier alpha value is -2.81. The van der Waals surface area contributed by atoms with Crippen LogP contribution < -0.4 is 5.56 Å². The fraction of sp³-hybridized carbons (Fsp3) is 0.480. The molecule has 3 heterocycles. The van der Waals surface area contributed by atoms with Gasteiger partial charge in [-0.3, -0.25) is 9.20 Å². The Morgan fingerprint density at radius 3 is 2.65 bits per heavy atom. The Balaban J connectivity index is 1.61. The van der Waals surface area contributed by atoms with Crippen LogP contribution in [0, 0.1) is 31.4 Å². The number of rotatable bonds is 3. The van der Waals surface area contributed by atoms with Crippen molar-refractivity contribution in [3.8, 4) is 11.3 Å². The zero-order valence-corrected chi connectivity index (χ0v) is 19.0. The van der Waals surface area contributed by atoms with Crippen molar-refractivity contribution in [1.29, 1.82) is 0 Å². The molecule has 2 fully saturated rings. The summed E-state index contributed by atoms with van der Waals surface area (Å²) in [7, 11) is 0. The van der Waals surface area contributed by atoms with Crippen LogP contribution in [0.5, 0.6) is 0 Å². The third kappa shape index (κ3) is 4.10. The summed E-state index contributed by atoms with van der Waals surface area (Å²) in [5, 5.41) is 0. The number of fused-ring (bicyclic) bond motifs is 1. The van der Waals surface area contributed by atoms with Gasteiger partial charge in [0.05, 0.1) is 11.8 Å². The van der Waals surface area contributed by atoms with E-state index < -0.39 is 17.6 Å². The summed E-state index contributed by atoms with van der Waals surface area (Å²) in [4.78, 5) is 22.3. The average Bonchev–Trinajstić information content (AvgIpc) is 3.17. The summed E-state index contributed by atoms with van der Waals surface area (Å²) in [5.41, 5.74) is 1.56. The fourth-order valence-corrected chi connectivity index (χ4v) is 5.14. The molecule has 5 nitrogen and oxygen atoms in total. The molecule has 5 rings (SSSR count). The van der Waals surface area contributed by atoms with Gasteiger partial charge in [0.15, 0.2) is 5.65 Å². The monoisotopic (exact) mass is 475 g/mol. The maximum absolute atomic E-state index is 14.8. The highest BCUT2D eigenvalue weighted by Crippen LogP contribution is 2.44. The number of aromatic nitrogens is 3. The second kappa shape index (κ2) is 8.45. The van der Waals surface area contributed by atoms with E-state index in [1.807, 2.05) is 0 Å². The first-order chi connectivity index (χ1) is 16.1. The number of halogens is 4. The highest BCUT2D eigenvalue weighted by molar-refractivity contribution is 5.74. The van der Waals surface area contributed by atoms with E-state index in [1.165, 1.54) is 10.5 Å². The molecule has 0 bridgehead atoms. The third-order valence-corrected chi connectivity index (χ3v) is 7.19. The first-order valence-electron chi connectivity index (χ1n) is 11.5. The van der Waals surface area contributed by atoms with Gasteiger partial charge >= 0.3 is 0 Å². The molecule has 9 heteroatoms. The molecular weight excluding hydrogens is 450 g/mol. The molecular formula is C25H25F4N3O2. The first-order valence-corrected chi connectivity index (χ1v) is 11.5. The molecule has 1 saturated heterocycles. The molecule has 1 aromatic carbocycles. The van der Waals surface area contributed by atoms with Crippen LogP contribution in [0.15, 0.2) is 29.2 Å². The summed E-state index contributed by atoms with van der Waals surface area (Å²) in [6.07, 6.45) is 2.44. The molecule has 2 aromatic heterocycles. The zero-order chi connectivity index (χ0) is 24.2. The molecule has 0 amide bonds. The van der Waals surface area contributed by atoms with Crippen LogP contribution in [0.4, 0.5) is 17.6 Å². The van der Waals surface area contributed by atoms with Crippen LogP contribution in [0.25, 0.3) is 16.9 Å². The lowest BCUT2D eigenvalue weighted by molar-refractivity contribution is -0.0459. The predicted octanol–water partition coefficient (Wildman–Crippen LogP) is 5.35. The zero-order valence-electron chi connectivity index (χ0n) is 19.0. The van der Waals surface area contributed by atoms with Crippen molar-refractivity contribution >= 4 is 5.65 Å². The van der Waals surface area contributed by atoms with Gasteiger partial charge in [-0.25, -0.2) is 27.5 Å². The second-order valence-corrected chi connectivity index (χ2v) is 9.45. The van der Waals surface area contributed by atoms with Crippen LogP contribution in [0.1, 0.15) is 55.0 Å². The van der Waals surface area contributed by atoms with Crippen molar-refractivity contribution in [3.63, 3.8) is 0 Å². The van der Waals surface area contributed by atoms with Crippen molar-refractivity contribution in [3.05, 3.63) is 63.3 Å². The SMILES string of the molecule is Cc1nc2c(-c3ccc(F)cc3F)nc([C@@H]3CCO[C@H](C4CCC(F)(F)C4)C3)cn2c(=O)c1C. The van der Waals surface area contributed by atoms with Crippen LogP contribution in [-0.2, 0) is 4.74 Å². The maximum Gasteiger partial charge on any atom is 0.261 e. The first kappa shape index (κ1) is 23.0. The highest BCUT2D eigenvalue weighted by Gasteiger charge is 2.44.